The van der Waals surface area contributed by atoms with Gasteiger partial charge in [-0.15, -0.1) is 0 Å². The molecule has 0 saturated carbocycles. The van der Waals surface area contributed by atoms with Gasteiger partial charge in [0.05, 0.1) is 17.6 Å². The lowest BCUT2D eigenvalue weighted by molar-refractivity contribution is 0.329. The molecule has 170 valence electrons. The average molecular weight is 443 g/mol. The molecular formula is C26H30N6O. The summed E-state index contributed by atoms with van der Waals surface area (Å²) in [4.78, 5) is 19.2. The Morgan fingerprint density at radius 1 is 1.03 bits per heavy atom. The molecule has 0 unspecified atom stereocenters. The van der Waals surface area contributed by atoms with Gasteiger partial charge in [-0.05, 0) is 67.6 Å². The fourth-order valence-corrected chi connectivity index (χ4v) is 4.88. The molecule has 3 heterocycles. The predicted octanol–water partition coefficient (Wildman–Crippen LogP) is 5.05. The van der Waals surface area contributed by atoms with E-state index < -0.39 is 0 Å². The quantitative estimate of drug-likeness (QED) is 0.461. The predicted molar refractivity (Wildman–Crippen MR) is 133 cm³/mol. The van der Waals surface area contributed by atoms with Crippen LogP contribution in [0.1, 0.15) is 48.0 Å². The molecule has 2 aromatic heterocycles. The summed E-state index contributed by atoms with van der Waals surface area (Å²) in [5, 5.41) is 0. The highest BCUT2D eigenvalue weighted by atomic mass is 16.5. The maximum absolute atomic E-state index is 6.22. The molecule has 1 aliphatic heterocycles. The Labute approximate surface area is 194 Å². The SMILES string of the molecule is Cc1nc2ccc(-c3cc(C)c4c(c3)CN(c3nc(N)nc(C)c3C(C)C)CCO4)cc2[nH]1. The second-order valence-corrected chi connectivity index (χ2v) is 9.16. The van der Waals surface area contributed by atoms with Gasteiger partial charge in [-0.3, -0.25) is 0 Å². The van der Waals surface area contributed by atoms with Gasteiger partial charge in [0.1, 0.15) is 24.0 Å². The molecule has 0 bridgehead atoms. The molecule has 0 amide bonds. The summed E-state index contributed by atoms with van der Waals surface area (Å²) in [6.45, 7) is 12.5. The zero-order valence-corrected chi connectivity index (χ0v) is 19.9. The number of nitrogen functional groups attached to an aromatic ring is 1. The first-order valence-electron chi connectivity index (χ1n) is 11.4. The van der Waals surface area contributed by atoms with Crippen LogP contribution in [0.15, 0.2) is 30.3 Å². The highest BCUT2D eigenvalue weighted by Gasteiger charge is 2.24. The Bertz CT molecular complexity index is 1360. The third kappa shape index (κ3) is 3.88. The number of anilines is 2. The third-order valence-electron chi connectivity index (χ3n) is 6.26. The van der Waals surface area contributed by atoms with E-state index in [4.69, 9.17) is 10.5 Å². The highest BCUT2D eigenvalue weighted by molar-refractivity contribution is 5.82. The van der Waals surface area contributed by atoms with Gasteiger partial charge < -0.3 is 20.4 Å². The van der Waals surface area contributed by atoms with E-state index >= 15 is 0 Å². The van der Waals surface area contributed by atoms with Crippen LogP contribution in [0.25, 0.3) is 22.2 Å². The normalized spacial score (nSPS) is 13.8. The molecule has 2 aromatic carbocycles. The first kappa shape index (κ1) is 21.2. The fourth-order valence-electron chi connectivity index (χ4n) is 4.88. The van der Waals surface area contributed by atoms with Gasteiger partial charge in [0.15, 0.2) is 0 Å². The summed E-state index contributed by atoms with van der Waals surface area (Å²) >= 11 is 0. The van der Waals surface area contributed by atoms with Crippen molar-refractivity contribution in [1.29, 1.82) is 0 Å². The Balaban J connectivity index is 1.58. The van der Waals surface area contributed by atoms with Crippen LogP contribution in [0.2, 0.25) is 0 Å². The Morgan fingerprint density at radius 2 is 1.85 bits per heavy atom. The van der Waals surface area contributed by atoms with E-state index in [0.717, 1.165) is 68.5 Å². The number of aryl methyl sites for hydroxylation is 3. The number of ether oxygens (including phenoxy) is 1. The Hall–Kier alpha value is -3.61. The minimum absolute atomic E-state index is 0.293. The molecule has 33 heavy (non-hydrogen) atoms. The molecule has 0 radical (unpaired) electrons. The lowest BCUT2D eigenvalue weighted by Crippen LogP contribution is -2.28. The minimum atomic E-state index is 0.293. The zero-order valence-electron chi connectivity index (χ0n) is 19.9. The number of imidazole rings is 1. The lowest BCUT2D eigenvalue weighted by Gasteiger charge is -2.26. The van der Waals surface area contributed by atoms with E-state index in [2.05, 4.69) is 75.9 Å². The van der Waals surface area contributed by atoms with Crippen LogP contribution in [-0.2, 0) is 6.54 Å². The van der Waals surface area contributed by atoms with Crippen molar-refractivity contribution in [3.8, 4) is 16.9 Å². The minimum Gasteiger partial charge on any atom is -0.491 e. The van der Waals surface area contributed by atoms with Crippen LogP contribution in [0.5, 0.6) is 5.75 Å². The monoisotopic (exact) mass is 442 g/mol. The number of aromatic amines is 1. The Morgan fingerprint density at radius 3 is 2.64 bits per heavy atom. The maximum Gasteiger partial charge on any atom is 0.222 e. The molecule has 4 aromatic rings. The topological polar surface area (TPSA) is 93.0 Å². The zero-order chi connectivity index (χ0) is 23.3. The fraction of sp³-hybridized carbons (Fsp3) is 0.346. The molecule has 0 fully saturated rings. The van der Waals surface area contributed by atoms with Crippen molar-refractivity contribution >= 4 is 22.8 Å². The van der Waals surface area contributed by atoms with Gasteiger partial charge in [-0.25, -0.2) is 9.97 Å². The van der Waals surface area contributed by atoms with Gasteiger partial charge in [-0.1, -0.05) is 19.9 Å². The summed E-state index contributed by atoms with van der Waals surface area (Å²) < 4.78 is 6.22. The molecule has 5 rings (SSSR count). The summed E-state index contributed by atoms with van der Waals surface area (Å²) in [5.74, 6) is 3.39. The molecule has 0 atom stereocenters. The van der Waals surface area contributed by atoms with Crippen LogP contribution >= 0.6 is 0 Å². The van der Waals surface area contributed by atoms with E-state index in [1.54, 1.807) is 0 Å². The van der Waals surface area contributed by atoms with Crippen molar-refractivity contribution in [2.75, 3.05) is 23.8 Å². The average Bonchev–Trinajstić information content (AvgIpc) is 2.98. The van der Waals surface area contributed by atoms with Gasteiger partial charge in [0.2, 0.25) is 5.95 Å². The van der Waals surface area contributed by atoms with E-state index in [1.165, 1.54) is 0 Å². The number of nitrogens with one attached hydrogen (secondary N) is 1. The summed E-state index contributed by atoms with van der Waals surface area (Å²) in [6.07, 6.45) is 0. The van der Waals surface area contributed by atoms with Gasteiger partial charge in [0, 0.05) is 23.4 Å². The molecule has 7 nitrogen and oxygen atoms in total. The van der Waals surface area contributed by atoms with Crippen molar-refractivity contribution in [2.24, 2.45) is 0 Å². The number of hydrogen-bond donors (Lipinski definition) is 2. The largest absolute Gasteiger partial charge is 0.491 e. The number of hydrogen-bond acceptors (Lipinski definition) is 6. The third-order valence-corrected chi connectivity index (χ3v) is 6.26. The van der Waals surface area contributed by atoms with Crippen molar-refractivity contribution < 1.29 is 4.74 Å². The summed E-state index contributed by atoms with van der Waals surface area (Å²) in [5.41, 5.74) is 14.7. The van der Waals surface area contributed by atoms with E-state index in [1.807, 2.05) is 13.8 Å². The molecule has 3 N–H and O–H groups in total. The smallest absolute Gasteiger partial charge is 0.222 e. The molecule has 1 aliphatic rings. The summed E-state index contributed by atoms with van der Waals surface area (Å²) in [7, 11) is 0. The van der Waals surface area contributed by atoms with Crippen LogP contribution in [-0.4, -0.2) is 33.1 Å². The highest BCUT2D eigenvalue weighted by Crippen LogP contribution is 2.36. The molecule has 0 saturated heterocycles. The lowest BCUT2D eigenvalue weighted by atomic mass is 9.98. The van der Waals surface area contributed by atoms with E-state index in [9.17, 15) is 0 Å². The maximum atomic E-state index is 6.22. The molecule has 7 heteroatoms. The van der Waals surface area contributed by atoms with Crippen molar-refractivity contribution in [3.05, 3.63) is 58.5 Å². The number of fused-ring (bicyclic) bond motifs is 2. The van der Waals surface area contributed by atoms with Crippen LogP contribution in [0, 0.1) is 20.8 Å². The van der Waals surface area contributed by atoms with Gasteiger partial charge >= 0.3 is 0 Å². The summed E-state index contributed by atoms with van der Waals surface area (Å²) in [6, 6.07) is 10.8. The standard InChI is InChI=1S/C26H30N6O/c1-14(2)23-16(4)28-26(27)31-25(23)32-8-9-33-24-15(3)10-19(11-20(24)13-32)18-6-7-21-22(12-18)30-17(5)29-21/h6-7,10-12,14H,8-9,13H2,1-5H3,(H,29,30)(H2,27,28,31). The second-order valence-electron chi connectivity index (χ2n) is 9.16. The number of benzene rings is 2. The van der Waals surface area contributed by atoms with Crippen molar-refractivity contribution in [3.63, 3.8) is 0 Å². The number of aromatic nitrogens is 4. The van der Waals surface area contributed by atoms with Crippen LogP contribution < -0.4 is 15.4 Å². The van der Waals surface area contributed by atoms with Crippen LogP contribution in [0.3, 0.4) is 0 Å². The van der Waals surface area contributed by atoms with E-state index in [0.29, 0.717) is 25.0 Å². The second kappa shape index (κ2) is 8.06. The van der Waals surface area contributed by atoms with Crippen molar-refractivity contribution in [1.82, 2.24) is 19.9 Å². The molecule has 0 aliphatic carbocycles. The van der Waals surface area contributed by atoms with E-state index in [-0.39, 0.29) is 0 Å². The first-order valence-corrected chi connectivity index (χ1v) is 11.4. The number of rotatable bonds is 3. The van der Waals surface area contributed by atoms with Crippen LogP contribution in [0.4, 0.5) is 11.8 Å². The number of nitrogens with zero attached hydrogens (tertiary/aromatic N) is 4. The number of nitrogens with two attached hydrogens (primary N) is 1. The molecular weight excluding hydrogens is 412 g/mol. The van der Waals surface area contributed by atoms with Crippen molar-refractivity contribution in [2.45, 2.75) is 47.1 Å². The Kier molecular flexibility index (Phi) is 5.19. The first-order chi connectivity index (χ1) is 15.8. The number of H-pyrrole nitrogens is 1. The molecule has 0 spiro atoms. The van der Waals surface area contributed by atoms with Gasteiger partial charge in [-0.2, -0.15) is 4.98 Å². The van der Waals surface area contributed by atoms with Gasteiger partial charge in [0.25, 0.3) is 0 Å².